The number of nitrogens with one attached hydrogen (secondary N) is 1. The summed E-state index contributed by atoms with van der Waals surface area (Å²) in [6, 6.07) is 10.4. The van der Waals surface area contributed by atoms with Crippen molar-refractivity contribution in [3.63, 3.8) is 0 Å². The van der Waals surface area contributed by atoms with E-state index >= 15 is 0 Å². The molecule has 1 N–H and O–H groups in total. The molecule has 0 aliphatic heterocycles. The molecule has 0 heterocycles. The van der Waals surface area contributed by atoms with Gasteiger partial charge in [-0.2, -0.15) is 5.26 Å². The highest BCUT2D eigenvalue weighted by Crippen LogP contribution is 2.08. The molecule has 0 unspecified atom stereocenters. The monoisotopic (exact) mass is 200 g/mol. The van der Waals surface area contributed by atoms with Crippen LogP contribution in [0.2, 0.25) is 0 Å². The Hall–Kier alpha value is -1.62. The fraction of sp³-hybridized carbons (Fsp3) is 0.385. The van der Waals surface area contributed by atoms with Crippen LogP contribution in [-0.2, 0) is 12.8 Å². The quantitative estimate of drug-likeness (QED) is 0.556. The van der Waals surface area contributed by atoms with Crippen LogP contribution in [0.25, 0.3) is 0 Å². The fourth-order valence-corrected chi connectivity index (χ4v) is 1.49. The molecule has 0 radical (unpaired) electrons. The van der Waals surface area contributed by atoms with E-state index in [1.165, 1.54) is 11.8 Å². The third-order valence-corrected chi connectivity index (χ3v) is 2.37. The smallest absolute Gasteiger partial charge is 0.0669 e. The maximum absolute atomic E-state index is 8.52. The highest BCUT2D eigenvalue weighted by Gasteiger charge is 1.94. The van der Waals surface area contributed by atoms with Gasteiger partial charge in [-0.05, 0) is 43.0 Å². The summed E-state index contributed by atoms with van der Waals surface area (Å²) in [4.78, 5) is 0. The fourth-order valence-electron chi connectivity index (χ4n) is 1.49. The van der Waals surface area contributed by atoms with Crippen LogP contribution in [-0.4, -0.2) is 6.21 Å². The first kappa shape index (κ1) is 11.5. The van der Waals surface area contributed by atoms with Gasteiger partial charge in [-0.1, -0.05) is 24.3 Å². The Morgan fingerprint density at radius 1 is 1.13 bits per heavy atom. The van der Waals surface area contributed by atoms with Gasteiger partial charge in [-0.3, -0.25) is 0 Å². The predicted octanol–water partition coefficient (Wildman–Crippen LogP) is 3.12. The van der Waals surface area contributed by atoms with Crippen molar-refractivity contribution in [2.75, 3.05) is 0 Å². The van der Waals surface area contributed by atoms with Crippen LogP contribution in [0.3, 0.4) is 0 Å². The van der Waals surface area contributed by atoms with Crippen LogP contribution in [0.1, 0.15) is 30.4 Å². The Bertz CT molecular complexity index is 333. The zero-order valence-corrected chi connectivity index (χ0v) is 8.87. The molecule has 0 aliphatic rings. The summed E-state index contributed by atoms with van der Waals surface area (Å²) in [5.41, 5.74) is 2.41. The highest BCUT2D eigenvalue weighted by molar-refractivity contribution is 5.52. The molecule has 1 aromatic rings. The molecule has 0 saturated carbocycles. The molecule has 0 aliphatic carbocycles. The molecule has 2 nitrogen and oxygen atoms in total. The first-order valence-corrected chi connectivity index (χ1v) is 5.30. The van der Waals surface area contributed by atoms with Gasteiger partial charge in [0.1, 0.15) is 0 Å². The van der Waals surface area contributed by atoms with Crippen LogP contribution in [0.15, 0.2) is 24.3 Å². The van der Waals surface area contributed by atoms with Crippen LogP contribution >= 0.6 is 0 Å². The number of benzene rings is 1. The second-order valence-corrected chi connectivity index (χ2v) is 3.60. The van der Waals surface area contributed by atoms with Gasteiger partial charge in [0, 0.05) is 0 Å². The average molecular weight is 200 g/mol. The van der Waals surface area contributed by atoms with E-state index in [2.05, 4.69) is 18.2 Å². The van der Waals surface area contributed by atoms with Gasteiger partial charge in [0.15, 0.2) is 0 Å². The Kier molecular flexibility index (Phi) is 5.18. The number of hydrogen-bond acceptors (Lipinski definition) is 2. The molecule has 78 valence electrons. The summed E-state index contributed by atoms with van der Waals surface area (Å²) < 4.78 is 0. The lowest BCUT2D eigenvalue weighted by molar-refractivity contribution is 0.765. The third-order valence-electron chi connectivity index (χ3n) is 2.37. The van der Waals surface area contributed by atoms with E-state index in [9.17, 15) is 0 Å². The third kappa shape index (κ3) is 4.42. The first-order chi connectivity index (χ1) is 7.36. The van der Waals surface area contributed by atoms with E-state index in [-0.39, 0.29) is 0 Å². The number of nitriles is 1. The van der Waals surface area contributed by atoms with Gasteiger partial charge < -0.3 is 5.41 Å². The minimum Gasteiger partial charge on any atom is -0.313 e. The van der Waals surface area contributed by atoms with Crippen LogP contribution < -0.4 is 0 Å². The molecule has 0 aromatic heterocycles. The summed E-state index contributed by atoms with van der Waals surface area (Å²) in [7, 11) is 0. The molecule has 0 spiro atoms. The Morgan fingerprint density at radius 3 is 2.40 bits per heavy atom. The molecular weight excluding hydrogens is 184 g/mol. The number of unbranched alkanes of at least 4 members (excludes halogenated alkanes) is 2. The average Bonchev–Trinajstić information content (AvgIpc) is 2.27. The van der Waals surface area contributed by atoms with Gasteiger partial charge in [0.25, 0.3) is 0 Å². The molecule has 0 atom stereocenters. The zero-order valence-electron chi connectivity index (χ0n) is 8.87. The molecule has 0 saturated heterocycles. The number of rotatable bonds is 6. The molecule has 1 rings (SSSR count). The van der Waals surface area contributed by atoms with Gasteiger partial charge in [-0.25, -0.2) is 0 Å². The SMILES string of the molecule is N#CCc1ccc(CCCCC=N)cc1. The van der Waals surface area contributed by atoms with Gasteiger partial charge in [-0.15, -0.1) is 0 Å². The van der Waals surface area contributed by atoms with Crippen molar-refractivity contribution in [3.8, 4) is 6.07 Å². The predicted molar refractivity (Wildman–Crippen MR) is 62.1 cm³/mol. The van der Waals surface area contributed by atoms with E-state index in [4.69, 9.17) is 10.7 Å². The minimum atomic E-state index is 0.494. The van der Waals surface area contributed by atoms with Gasteiger partial charge in [0.2, 0.25) is 0 Å². The van der Waals surface area contributed by atoms with E-state index in [0.29, 0.717) is 6.42 Å². The maximum atomic E-state index is 8.52. The zero-order chi connectivity index (χ0) is 10.9. The summed E-state index contributed by atoms with van der Waals surface area (Å²) in [5.74, 6) is 0. The number of nitrogens with zero attached hydrogens (tertiary/aromatic N) is 1. The maximum Gasteiger partial charge on any atom is 0.0669 e. The Labute approximate surface area is 91.1 Å². The van der Waals surface area contributed by atoms with Crippen molar-refractivity contribution in [1.82, 2.24) is 0 Å². The van der Waals surface area contributed by atoms with E-state index < -0.39 is 0 Å². The van der Waals surface area contributed by atoms with E-state index in [0.717, 1.165) is 31.2 Å². The largest absolute Gasteiger partial charge is 0.313 e. The van der Waals surface area contributed by atoms with Crippen molar-refractivity contribution in [1.29, 1.82) is 10.7 Å². The molecule has 15 heavy (non-hydrogen) atoms. The van der Waals surface area contributed by atoms with E-state index in [1.807, 2.05) is 12.1 Å². The number of hydrogen-bond donors (Lipinski definition) is 1. The van der Waals surface area contributed by atoms with Crippen LogP contribution in [0.5, 0.6) is 0 Å². The standard InChI is InChI=1S/C13H16N2/c14-10-3-1-2-4-12-5-7-13(8-6-12)9-11-15/h5-8,10,14H,1-4,9H2. The van der Waals surface area contributed by atoms with Crippen molar-refractivity contribution < 1.29 is 0 Å². The van der Waals surface area contributed by atoms with Crippen molar-refractivity contribution >= 4 is 6.21 Å². The first-order valence-electron chi connectivity index (χ1n) is 5.30. The molecule has 2 heteroatoms. The molecule has 0 amide bonds. The summed E-state index contributed by atoms with van der Waals surface area (Å²) in [6.45, 7) is 0. The summed E-state index contributed by atoms with van der Waals surface area (Å²) in [6.07, 6.45) is 6.13. The Balaban J connectivity index is 2.36. The lowest BCUT2D eigenvalue weighted by Crippen LogP contribution is -1.88. The second-order valence-electron chi connectivity index (χ2n) is 3.60. The summed E-state index contributed by atoms with van der Waals surface area (Å²) >= 11 is 0. The molecule has 1 aromatic carbocycles. The Morgan fingerprint density at radius 2 is 1.80 bits per heavy atom. The van der Waals surface area contributed by atoms with Crippen molar-refractivity contribution in [3.05, 3.63) is 35.4 Å². The highest BCUT2D eigenvalue weighted by atomic mass is 14.3. The topological polar surface area (TPSA) is 47.6 Å². The normalized spacial score (nSPS) is 9.53. The van der Waals surface area contributed by atoms with Crippen LogP contribution in [0, 0.1) is 16.7 Å². The lowest BCUT2D eigenvalue weighted by Gasteiger charge is -2.01. The molecule has 0 fully saturated rings. The second kappa shape index (κ2) is 6.78. The summed E-state index contributed by atoms with van der Waals surface area (Å²) in [5, 5.41) is 15.4. The van der Waals surface area contributed by atoms with Gasteiger partial charge >= 0.3 is 0 Å². The van der Waals surface area contributed by atoms with E-state index in [1.54, 1.807) is 0 Å². The lowest BCUT2D eigenvalue weighted by atomic mass is 10.0. The molecule has 0 bridgehead atoms. The van der Waals surface area contributed by atoms with Crippen molar-refractivity contribution in [2.45, 2.75) is 32.1 Å². The number of aryl methyl sites for hydroxylation is 1. The minimum absolute atomic E-state index is 0.494. The van der Waals surface area contributed by atoms with Crippen LogP contribution in [0.4, 0.5) is 0 Å². The molecular formula is C13H16N2. The van der Waals surface area contributed by atoms with Crippen molar-refractivity contribution in [2.24, 2.45) is 0 Å². The van der Waals surface area contributed by atoms with Gasteiger partial charge in [0.05, 0.1) is 12.5 Å².